The highest BCUT2D eigenvalue weighted by atomic mass is 16.3. The molecule has 1 N–H and O–H groups in total. The largest absolute Gasteiger partial charge is 0.506 e. The van der Waals surface area contributed by atoms with Gasteiger partial charge in [0.2, 0.25) is 0 Å². The van der Waals surface area contributed by atoms with Crippen LogP contribution in [0.4, 0.5) is 0 Å². The topological polar surface area (TPSA) is 50.9 Å². The zero-order chi connectivity index (χ0) is 20.4. The van der Waals surface area contributed by atoms with Crippen LogP contribution in [-0.4, -0.2) is 20.1 Å². The molecular formula is C24H33N3O. The zero-order valence-electron chi connectivity index (χ0n) is 17.9. The summed E-state index contributed by atoms with van der Waals surface area (Å²) in [5, 5.41) is 19.6. The highest BCUT2D eigenvalue weighted by molar-refractivity contribution is 5.73. The number of aromatic nitrogens is 3. The van der Waals surface area contributed by atoms with E-state index in [9.17, 15) is 5.11 Å². The van der Waals surface area contributed by atoms with Gasteiger partial charge in [0.15, 0.2) is 0 Å². The molecule has 0 saturated heterocycles. The third-order valence-corrected chi connectivity index (χ3v) is 6.55. The fourth-order valence-electron chi connectivity index (χ4n) is 3.74. The quantitative estimate of drug-likeness (QED) is 0.461. The summed E-state index contributed by atoms with van der Waals surface area (Å²) in [5.41, 5.74) is 3.56. The van der Waals surface area contributed by atoms with Gasteiger partial charge in [-0.2, -0.15) is 0 Å². The van der Waals surface area contributed by atoms with Crippen LogP contribution in [0.5, 0.6) is 5.75 Å². The summed E-state index contributed by atoms with van der Waals surface area (Å²) in [4.78, 5) is 1.55. The first kappa shape index (κ1) is 20.4. The highest BCUT2D eigenvalue weighted by Gasteiger charge is 2.38. The minimum atomic E-state index is -0.0474. The number of unbranched alkanes of at least 4 members (excludes halogenated alkanes) is 3. The highest BCUT2D eigenvalue weighted by Crippen LogP contribution is 2.45. The van der Waals surface area contributed by atoms with Crippen LogP contribution in [0, 0.1) is 5.41 Å². The van der Waals surface area contributed by atoms with Crippen LogP contribution in [0.3, 0.4) is 0 Å². The monoisotopic (exact) mass is 379 g/mol. The summed E-state index contributed by atoms with van der Waals surface area (Å²) in [7, 11) is 0. The number of rotatable bonds is 8. The Kier molecular flexibility index (Phi) is 5.78. The maximum Gasteiger partial charge on any atom is 0.143 e. The van der Waals surface area contributed by atoms with Crippen LogP contribution in [0.2, 0.25) is 0 Å². The first-order chi connectivity index (χ1) is 13.3. The molecule has 3 aromatic rings. The number of phenols is 1. The number of aromatic hydroxyl groups is 1. The van der Waals surface area contributed by atoms with Crippen LogP contribution in [-0.2, 0) is 5.41 Å². The van der Waals surface area contributed by atoms with Crippen molar-refractivity contribution in [1.82, 2.24) is 15.0 Å². The van der Waals surface area contributed by atoms with Crippen molar-refractivity contribution in [1.29, 1.82) is 0 Å². The Morgan fingerprint density at radius 3 is 2.14 bits per heavy atom. The normalized spacial score (nSPS) is 12.6. The van der Waals surface area contributed by atoms with E-state index in [0.29, 0.717) is 5.69 Å². The molecule has 0 aliphatic heterocycles. The van der Waals surface area contributed by atoms with E-state index in [4.69, 9.17) is 0 Å². The maximum absolute atomic E-state index is 10.5. The van der Waals surface area contributed by atoms with E-state index >= 15 is 0 Å². The molecule has 1 heterocycles. The van der Waals surface area contributed by atoms with Crippen molar-refractivity contribution in [2.24, 2.45) is 5.41 Å². The third kappa shape index (κ3) is 3.91. The second-order valence-corrected chi connectivity index (χ2v) is 9.00. The Balaban J connectivity index is 1.93. The predicted octanol–water partition coefficient (Wildman–Crippen LogP) is 6.40. The van der Waals surface area contributed by atoms with Gasteiger partial charge in [-0.1, -0.05) is 78.5 Å². The molecule has 0 radical (unpaired) electrons. The Morgan fingerprint density at radius 2 is 1.54 bits per heavy atom. The minimum absolute atomic E-state index is 0.0474. The minimum Gasteiger partial charge on any atom is -0.506 e. The Hall–Kier alpha value is -2.36. The lowest BCUT2D eigenvalue weighted by atomic mass is 9.62. The molecule has 0 unspecified atom stereocenters. The van der Waals surface area contributed by atoms with Gasteiger partial charge < -0.3 is 5.11 Å². The van der Waals surface area contributed by atoms with Crippen molar-refractivity contribution in [2.45, 2.75) is 72.1 Å². The second-order valence-electron chi connectivity index (χ2n) is 9.00. The molecular weight excluding hydrogens is 346 g/mol. The average molecular weight is 380 g/mol. The van der Waals surface area contributed by atoms with Gasteiger partial charge in [-0.25, -0.2) is 0 Å². The van der Waals surface area contributed by atoms with E-state index in [0.717, 1.165) is 11.0 Å². The molecule has 0 bridgehead atoms. The lowest BCUT2D eigenvalue weighted by Gasteiger charge is -2.43. The molecule has 0 aliphatic carbocycles. The molecule has 0 amide bonds. The van der Waals surface area contributed by atoms with Crippen LogP contribution < -0.4 is 0 Å². The van der Waals surface area contributed by atoms with Crippen molar-refractivity contribution < 1.29 is 5.11 Å². The van der Waals surface area contributed by atoms with Crippen molar-refractivity contribution in [3.8, 4) is 11.4 Å². The molecule has 2 aromatic carbocycles. The third-order valence-electron chi connectivity index (χ3n) is 6.55. The standard InChI is InChI=1S/C24H33N3O/c1-6-7-8-11-16-23(2,3)24(4,5)18-14-15-22(28)21(17-18)27-25-19-12-9-10-13-20(19)26-27/h9-10,12-15,17,28H,6-8,11,16H2,1-5H3. The first-order valence-corrected chi connectivity index (χ1v) is 10.4. The number of nitrogens with zero attached hydrogens (tertiary/aromatic N) is 3. The lowest BCUT2D eigenvalue weighted by molar-refractivity contribution is 0.174. The Bertz CT molecular complexity index is 907. The number of hydrogen-bond acceptors (Lipinski definition) is 3. The van der Waals surface area contributed by atoms with Gasteiger partial charge in [0.1, 0.15) is 22.5 Å². The van der Waals surface area contributed by atoms with E-state index < -0.39 is 0 Å². The molecule has 4 heteroatoms. The average Bonchev–Trinajstić information content (AvgIpc) is 3.09. The van der Waals surface area contributed by atoms with Gasteiger partial charge in [-0.15, -0.1) is 15.0 Å². The van der Waals surface area contributed by atoms with Crippen LogP contribution in [0.1, 0.15) is 72.3 Å². The molecule has 1 aromatic heterocycles. The molecule has 0 aliphatic rings. The second kappa shape index (κ2) is 7.94. The van der Waals surface area contributed by atoms with E-state index in [1.54, 1.807) is 10.9 Å². The Morgan fingerprint density at radius 1 is 0.893 bits per heavy atom. The fraction of sp³-hybridized carbons (Fsp3) is 0.500. The van der Waals surface area contributed by atoms with Gasteiger partial charge in [0.25, 0.3) is 0 Å². The van der Waals surface area contributed by atoms with Crippen molar-refractivity contribution in [2.75, 3.05) is 0 Å². The SMILES string of the molecule is CCCCCCC(C)(C)C(C)(C)c1ccc(O)c(-n2nc3ccccc3n2)c1. The van der Waals surface area contributed by atoms with E-state index in [2.05, 4.69) is 44.8 Å². The van der Waals surface area contributed by atoms with Gasteiger partial charge in [0.05, 0.1) is 0 Å². The molecule has 150 valence electrons. The van der Waals surface area contributed by atoms with Crippen LogP contribution in [0.15, 0.2) is 42.5 Å². The van der Waals surface area contributed by atoms with Crippen molar-refractivity contribution in [3.05, 3.63) is 48.0 Å². The fourth-order valence-corrected chi connectivity index (χ4v) is 3.74. The van der Waals surface area contributed by atoms with Gasteiger partial charge in [-0.05, 0) is 47.1 Å². The molecule has 0 atom stereocenters. The van der Waals surface area contributed by atoms with Gasteiger partial charge in [0, 0.05) is 0 Å². The van der Waals surface area contributed by atoms with Crippen LogP contribution >= 0.6 is 0 Å². The molecule has 3 rings (SSSR count). The molecule has 0 fully saturated rings. The van der Waals surface area contributed by atoms with Gasteiger partial charge >= 0.3 is 0 Å². The van der Waals surface area contributed by atoms with Crippen molar-refractivity contribution in [3.63, 3.8) is 0 Å². The summed E-state index contributed by atoms with van der Waals surface area (Å²) < 4.78 is 0. The summed E-state index contributed by atoms with van der Waals surface area (Å²) in [5.74, 6) is 0.195. The number of hydrogen-bond donors (Lipinski definition) is 1. The zero-order valence-corrected chi connectivity index (χ0v) is 17.9. The Labute approximate surface area is 168 Å². The van der Waals surface area contributed by atoms with E-state index in [1.807, 2.05) is 36.4 Å². The lowest BCUT2D eigenvalue weighted by Crippen LogP contribution is -2.36. The molecule has 0 spiro atoms. The van der Waals surface area contributed by atoms with E-state index in [1.165, 1.54) is 37.7 Å². The van der Waals surface area contributed by atoms with Crippen molar-refractivity contribution >= 4 is 11.0 Å². The molecule has 28 heavy (non-hydrogen) atoms. The molecule has 0 saturated carbocycles. The van der Waals surface area contributed by atoms with Gasteiger partial charge in [-0.3, -0.25) is 0 Å². The first-order valence-electron chi connectivity index (χ1n) is 10.4. The maximum atomic E-state index is 10.5. The summed E-state index contributed by atoms with van der Waals surface area (Å²) in [6.07, 6.45) is 6.29. The number of fused-ring (bicyclic) bond motifs is 1. The van der Waals surface area contributed by atoms with E-state index in [-0.39, 0.29) is 16.6 Å². The summed E-state index contributed by atoms with van der Waals surface area (Å²) >= 11 is 0. The number of benzene rings is 2. The number of phenolic OH excluding ortho intramolecular Hbond substituents is 1. The summed E-state index contributed by atoms with van der Waals surface area (Å²) in [6.45, 7) is 11.6. The summed E-state index contributed by atoms with van der Waals surface area (Å²) in [6, 6.07) is 13.6. The van der Waals surface area contributed by atoms with Crippen LogP contribution in [0.25, 0.3) is 16.7 Å². The molecule has 4 nitrogen and oxygen atoms in total. The smallest absolute Gasteiger partial charge is 0.143 e. The predicted molar refractivity (Wildman–Crippen MR) is 116 cm³/mol.